The van der Waals surface area contributed by atoms with Crippen molar-refractivity contribution in [3.8, 4) is 16.9 Å². The van der Waals surface area contributed by atoms with Crippen molar-refractivity contribution in [2.45, 2.75) is 26.7 Å². The number of ether oxygens (including phenoxy) is 1. The molecule has 0 aliphatic carbocycles. The first-order valence-electron chi connectivity index (χ1n) is 7.38. The molecular weight excluding hydrogens is 260 g/mol. The largest absolute Gasteiger partial charge is 0.497 e. The molecule has 0 fully saturated rings. The SMILES string of the molecule is CCCc1cc(-c2ccc(OC)cc2)cc2cc(C)oc12. The Hall–Kier alpha value is -2.22. The highest BCUT2D eigenvalue weighted by Crippen LogP contribution is 2.31. The van der Waals surface area contributed by atoms with E-state index in [-0.39, 0.29) is 0 Å². The van der Waals surface area contributed by atoms with E-state index in [0.717, 1.165) is 29.9 Å². The third kappa shape index (κ3) is 2.66. The van der Waals surface area contributed by atoms with Gasteiger partial charge in [0.05, 0.1) is 7.11 Å². The molecule has 108 valence electrons. The number of furan rings is 1. The zero-order chi connectivity index (χ0) is 14.8. The van der Waals surface area contributed by atoms with Crippen molar-refractivity contribution in [3.05, 3.63) is 53.8 Å². The molecule has 0 aliphatic heterocycles. The molecule has 0 N–H and O–H groups in total. The predicted molar refractivity (Wildman–Crippen MR) is 86.9 cm³/mol. The molecule has 3 aromatic rings. The van der Waals surface area contributed by atoms with E-state index in [0.29, 0.717) is 0 Å². The lowest BCUT2D eigenvalue weighted by Crippen LogP contribution is -1.87. The standard InChI is InChI=1S/C19H20O2/c1-4-5-15-11-16(12-17-10-13(2)21-19(15)17)14-6-8-18(20-3)9-7-14/h6-12H,4-5H2,1-3H3. The third-order valence-corrected chi connectivity index (χ3v) is 3.76. The highest BCUT2D eigenvalue weighted by Gasteiger charge is 2.10. The van der Waals surface area contributed by atoms with Crippen LogP contribution in [0.25, 0.3) is 22.1 Å². The highest BCUT2D eigenvalue weighted by molar-refractivity contribution is 5.87. The average Bonchev–Trinajstić information content (AvgIpc) is 2.88. The summed E-state index contributed by atoms with van der Waals surface area (Å²) in [6, 6.07) is 14.8. The topological polar surface area (TPSA) is 22.4 Å². The lowest BCUT2D eigenvalue weighted by atomic mass is 9.98. The molecule has 2 aromatic carbocycles. The molecule has 0 amide bonds. The third-order valence-electron chi connectivity index (χ3n) is 3.76. The first-order chi connectivity index (χ1) is 10.2. The van der Waals surface area contributed by atoms with Crippen molar-refractivity contribution in [1.29, 1.82) is 0 Å². The van der Waals surface area contributed by atoms with E-state index < -0.39 is 0 Å². The van der Waals surface area contributed by atoms with Gasteiger partial charge in [0.25, 0.3) is 0 Å². The first-order valence-corrected chi connectivity index (χ1v) is 7.38. The fraction of sp³-hybridized carbons (Fsp3) is 0.263. The minimum absolute atomic E-state index is 0.882. The van der Waals surface area contributed by atoms with Crippen LogP contribution in [0.2, 0.25) is 0 Å². The first kappa shape index (κ1) is 13.7. The van der Waals surface area contributed by atoms with E-state index in [9.17, 15) is 0 Å². The van der Waals surface area contributed by atoms with Crippen LogP contribution in [0.5, 0.6) is 5.75 Å². The van der Waals surface area contributed by atoms with Gasteiger partial charge in [-0.2, -0.15) is 0 Å². The molecular formula is C19H20O2. The van der Waals surface area contributed by atoms with E-state index >= 15 is 0 Å². The molecule has 0 radical (unpaired) electrons. The summed E-state index contributed by atoms with van der Waals surface area (Å²) in [4.78, 5) is 0. The summed E-state index contributed by atoms with van der Waals surface area (Å²) in [6.07, 6.45) is 2.15. The molecule has 0 spiro atoms. The van der Waals surface area contributed by atoms with Crippen molar-refractivity contribution >= 4 is 11.0 Å². The van der Waals surface area contributed by atoms with E-state index in [1.54, 1.807) is 7.11 Å². The molecule has 0 saturated carbocycles. The second-order valence-corrected chi connectivity index (χ2v) is 5.39. The van der Waals surface area contributed by atoms with E-state index in [2.05, 4.69) is 37.3 Å². The van der Waals surface area contributed by atoms with Crippen LogP contribution in [0, 0.1) is 6.92 Å². The second kappa shape index (κ2) is 5.65. The van der Waals surface area contributed by atoms with Gasteiger partial charge in [-0.15, -0.1) is 0 Å². The van der Waals surface area contributed by atoms with Gasteiger partial charge >= 0.3 is 0 Å². The second-order valence-electron chi connectivity index (χ2n) is 5.39. The van der Waals surface area contributed by atoms with Crippen molar-refractivity contribution in [2.24, 2.45) is 0 Å². The molecule has 0 unspecified atom stereocenters. The molecule has 0 saturated heterocycles. The molecule has 21 heavy (non-hydrogen) atoms. The molecule has 1 heterocycles. The van der Waals surface area contributed by atoms with Gasteiger partial charge in [-0.3, -0.25) is 0 Å². The Labute approximate surface area is 125 Å². The maximum Gasteiger partial charge on any atom is 0.137 e. The van der Waals surface area contributed by atoms with Crippen LogP contribution >= 0.6 is 0 Å². The Balaban J connectivity index is 2.12. The smallest absolute Gasteiger partial charge is 0.137 e. The van der Waals surface area contributed by atoms with E-state index in [4.69, 9.17) is 9.15 Å². The lowest BCUT2D eigenvalue weighted by Gasteiger charge is -2.07. The number of hydrogen-bond donors (Lipinski definition) is 0. The zero-order valence-electron chi connectivity index (χ0n) is 12.8. The van der Waals surface area contributed by atoms with Crippen LogP contribution < -0.4 is 4.74 Å². The quantitative estimate of drug-likeness (QED) is 0.641. The fourth-order valence-corrected chi connectivity index (χ4v) is 2.76. The molecule has 0 bridgehead atoms. The van der Waals surface area contributed by atoms with Crippen LogP contribution in [0.3, 0.4) is 0 Å². The van der Waals surface area contributed by atoms with Crippen molar-refractivity contribution in [1.82, 2.24) is 0 Å². The summed E-state index contributed by atoms with van der Waals surface area (Å²) in [5, 5.41) is 1.18. The van der Waals surface area contributed by atoms with Gasteiger partial charge in [0.1, 0.15) is 17.1 Å². The Morgan fingerprint density at radius 1 is 1.00 bits per heavy atom. The summed E-state index contributed by atoms with van der Waals surface area (Å²) >= 11 is 0. The Kier molecular flexibility index (Phi) is 3.70. The number of aryl methyl sites for hydroxylation is 2. The van der Waals surface area contributed by atoms with Gasteiger partial charge in [0.2, 0.25) is 0 Å². The van der Waals surface area contributed by atoms with Crippen molar-refractivity contribution in [3.63, 3.8) is 0 Å². The van der Waals surface area contributed by atoms with Gasteiger partial charge in [-0.05, 0) is 60.4 Å². The van der Waals surface area contributed by atoms with Gasteiger partial charge in [0.15, 0.2) is 0 Å². The summed E-state index contributed by atoms with van der Waals surface area (Å²) in [7, 11) is 1.69. The van der Waals surface area contributed by atoms with E-state index in [1.165, 1.54) is 22.1 Å². The number of benzene rings is 2. The maximum atomic E-state index is 5.86. The summed E-state index contributed by atoms with van der Waals surface area (Å²) in [5.74, 6) is 1.85. The van der Waals surface area contributed by atoms with E-state index in [1.807, 2.05) is 19.1 Å². The Morgan fingerprint density at radius 2 is 1.76 bits per heavy atom. The summed E-state index contributed by atoms with van der Waals surface area (Å²) in [5.41, 5.74) is 4.75. The van der Waals surface area contributed by atoms with Crippen LogP contribution in [-0.2, 0) is 6.42 Å². The summed E-state index contributed by atoms with van der Waals surface area (Å²) in [6.45, 7) is 4.20. The number of rotatable bonds is 4. The van der Waals surface area contributed by atoms with Gasteiger partial charge in [-0.1, -0.05) is 25.5 Å². The van der Waals surface area contributed by atoms with Gasteiger partial charge in [0, 0.05) is 5.39 Å². The number of hydrogen-bond acceptors (Lipinski definition) is 2. The number of fused-ring (bicyclic) bond motifs is 1. The minimum Gasteiger partial charge on any atom is -0.497 e. The maximum absolute atomic E-state index is 5.86. The molecule has 0 atom stereocenters. The van der Waals surface area contributed by atoms with Crippen molar-refractivity contribution < 1.29 is 9.15 Å². The highest BCUT2D eigenvalue weighted by atomic mass is 16.5. The van der Waals surface area contributed by atoms with Crippen LogP contribution in [-0.4, -0.2) is 7.11 Å². The van der Waals surface area contributed by atoms with Gasteiger partial charge in [-0.25, -0.2) is 0 Å². The van der Waals surface area contributed by atoms with Gasteiger partial charge < -0.3 is 9.15 Å². The Bertz CT molecular complexity index is 751. The zero-order valence-corrected chi connectivity index (χ0v) is 12.8. The predicted octanol–water partition coefficient (Wildman–Crippen LogP) is 5.37. The Morgan fingerprint density at radius 3 is 2.43 bits per heavy atom. The molecule has 0 aliphatic rings. The fourth-order valence-electron chi connectivity index (χ4n) is 2.76. The molecule has 1 aromatic heterocycles. The summed E-state index contributed by atoms with van der Waals surface area (Å²) < 4.78 is 11.1. The van der Waals surface area contributed by atoms with Crippen molar-refractivity contribution in [2.75, 3.05) is 7.11 Å². The van der Waals surface area contributed by atoms with Crippen LogP contribution in [0.1, 0.15) is 24.7 Å². The van der Waals surface area contributed by atoms with Crippen LogP contribution in [0.4, 0.5) is 0 Å². The minimum atomic E-state index is 0.882. The molecule has 3 rings (SSSR count). The number of methoxy groups -OCH3 is 1. The van der Waals surface area contributed by atoms with Crippen LogP contribution in [0.15, 0.2) is 46.9 Å². The molecule has 2 nitrogen and oxygen atoms in total. The normalized spacial score (nSPS) is 11.0. The monoisotopic (exact) mass is 280 g/mol. The average molecular weight is 280 g/mol. The lowest BCUT2D eigenvalue weighted by molar-refractivity contribution is 0.415. The molecule has 2 heteroatoms.